The van der Waals surface area contributed by atoms with E-state index in [1.807, 2.05) is 0 Å². The van der Waals surface area contributed by atoms with Crippen molar-refractivity contribution in [2.24, 2.45) is 5.73 Å². The molecule has 0 fully saturated rings. The topological polar surface area (TPSA) is 38.0 Å². The lowest BCUT2D eigenvalue weighted by Gasteiger charge is -2.30. The maximum absolute atomic E-state index is 5.80. The van der Waals surface area contributed by atoms with Crippen molar-refractivity contribution in [3.05, 3.63) is 11.3 Å². The van der Waals surface area contributed by atoms with Crippen LogP contribution in [0.3, 0.4) is 0 Å². The van der Waals surface area contributed by atoms with E-state index in [2.05, 4.69) is 5.32 Å². The van der Waals surface area contributed by atoms with Gasteiger partial charge >= 0.3 is 0 Å². The summed E-state index contributed by atoms with van der Waals surface area (Å²) in [6, 6.07) is 0. The van der Waals surface area contributed by atoms with Crippen molar-refractivity contribution in [3.63, 3.8) is 0 Å². The third kappa shape index (κ3) is 1.41. The Balaban J connectivity index is 2.12. The first kappa shape index (κ1) is 7.17. The molecule has 0 aromatic rings. The predicted molar refractivity (Wildman–Crippen MR) is 45.8 cm³/mol. The quantitative estimate of drug-likeness (QED) is 0.552. The van der Waals surface area contributed by atoms with Crippen LogP contribution in [0.1, 0.15) is 38.5 Å². The first-order valence-electron chi connectivity index (χ1n) is 4.59. The summed E-state index contributed by atoms with van der Waals surface area (Å²) in [5.41, 5.74) is 8.91. The molecule has 0 aromatic carbocycles. The lowest BCUT2D eigenvalue weighted by molar-refractivity contribution is 0.457. The van der Waals surface area contributed by atoms with Gasteiger partial charge in [0.2, 0.25) is 0 Å². The summed E-state index contributed by atoms with van der Waals surface area (Å²) in [5.74, 6) is 0. The van der Waals surface area contributed by atoms with E-state index < -0.39 is 0 Å². The van der Waals surface area contributed by atoms with E-state index in [-0.39, 0.29) is 6.17 Å². The lowest BCUT2D eigenvalue weighted by Crippen LogP contribution is -2.40. The number of hydrogen-bond donors (Lipinski definition) is 2. The van der Waals surface area contributed by atoms with Gasteiger partial charge in [-0.05, 0) is 38.5 Å². The van der Waals surface area contributed by atoms with E-state index in [4.69, 9.17) is 5.73 Å². The van der Waals surface area contributed by atoms with E-state index in [1.54, 1.807) is 5.57 Å². The maximum atomic E-state index is 5.80. The molecule has 0 amide bonds. The van der Waals surface area contributed by atoms with Crippen molar-refractivity contribution in [2.45, 2.75) is 44.7 Å². The van der Waals surface area contributed by atoms with Crippen LogP contribution in [0.25, 0.3) is 0 Å². The molecule has 0 saturated carbocycles. The highest BCUT2D eigenvalue weighted by Crippen LogP contribution is 2.29. The molecular weight excluding hydrogens is 136 g/mol. The molecule has 62 valence electrons. The molecule has 2 rings (SSSR count). The summed E-state index contributed by atoms with van der Waals surface area (Å²) in [6.45, 7) is 0. The largest absolute Gasteiger partial charge is 0.373 e. The van der Waals surface area contributed by atoms with E-state index in [0.717, 1.165) is 6.42 Å². The van der Waals surface area contributed by atoms with Gasteiger partial charge in [0.1, 0.15) is 0 Å². The molecule has 3 N–H and O–H groups in total. The smallest absolute Gasteiger partial charge is 0.0743 e. The fourth-order valence-electron chi connectivity index (χ4n) is 2.04. The summed E-state index contributed by atoms with van der Waals surface area (Å²) in [6.07, 6.45) is 7.88. The van der Waals surface area contributed by atoms with E-state index in [9.17, 15) is 0 Å². The zero-order valence-electron chi connectivity index (χ0n) is 6.90. The average molecular weight is 152 g/mol. The summed E-state index contributed by atoms with van der Waals surface area (Å²) in [7, 11) is 0. The predicted octanol–water partition coefficient (Wildman–Crippen LogP) is 1.48. The number of rotatable bonds is 0. The molecule has 0 aromatic heterocycles. The summed E-state index contributed by atoms with van der Waals surface area (Å²) < 4.78 is 0. The van der Waals surface area contributed by atoms with Gasteiger partial charge in [-0.2, -0.15) is 0 Å². The molecule has 1 aliphatic heterocycles. The van der Waals surface area contributed by atoms with Gasteiger partial charge in [-0.3, -0.25) is 0 Å². The zero-order valence-corrected chi connectivity index (χ0v) is 6.90. The summed E-state index contributed by atoms with van der Waals surface area (Å²) in [4.78, 5) is 0. The Morgan fingerprint density at radius 1 is 1.18 bits per heavy atom. The highest BCUT2D eigenvalue weighted by molar-refractivity contribution is 5.18. The van der Waals surface area contributed by atoms with Gasteiger partial charge in [0, 0.05) is 5.70 Å². The van der Waals surface area contributed by atoms with E-state index >= 15 is 0 Å². The van der Waals surface area contributed by atoms with Crippen molar-refractivity contribution in [1.82, 2.24) is 5.32 Å². The minimum Gasteiger partial charge on any atom is -0.373 e. The van der Waals surface area contributed by atoms with Crippen molar-refractivity contribution in [1.29, 1.82) is 0 Å². The van der Waals surface area contributed by atoms with Gasteiger partial charge in [0.05, 0.1) is 6.17 Å². The molecule has 1 unspecified atom stereocenters. The Kier molecular flexibility index (Phi) is 1.86. The Bertz CT molecular complexity index is 184. The first-order valence-corrected chi connectivity index (χ1v) is 4.59. The van der Waals surface area contributed by atoms with Crippen molar-refractivity contribution in [2.75, 3.05) is 0 Å². The van der Waals surface area contributed by atoms with Crippen molar-refractivity contribution >= 4 is 0 Å². The molecular formula is C9H16N2. The normalized spacial score (nSPS) is 31.2. The second-order valence-electron chi connectivity index (χ2n) is 3.58. The van der Waals surface area contributed by atoms with Crippen LogP contribution in [0.5, 0.6) is 0 Å². The zero-order chi connectivity index (χ0) is 7.68. The molecule has 1 heterocycles. The molecule has 1 aliphatic carbocycles. The van der Waals surface area contributed by atoms with Gasteiger partial charge in [0.25, 0.3) is 0 Å². The van der Waals surface area contributed by atoms with Crippen LogP contribution < -0.4 is 11.1 Å². The highest BCUT2D eigenvalue weighted by Gasteiger charge is 2.19. The minimum atomic E-state index is 0.229. The SMILES string of the molecule is NC1CCC2=C(CCCC2)N1. The molecule has 0 bridgehead atoms. The van der Waals surface area contributed by atoms with Gasteiger partial charge in [-0.15, -0.1) is 0 Å². The van der Waals surface area contributed by atoms with Crippen LogP contribution in [-0.4, -0.2) is 6.17 Å². The molecule has 0 radical (unpaired) electrons. The highest BCUT2D eigenvalue weighted by atomic mass is 15.0. The van der Waals surface area contributed by atoms with Crippen LogP contribution in [0, 0.1) is 0 Å². The number of allylic oxidation sites excluding steroid dienone is 2. The fraction of sp³-hybridized carbons (Fsp3) is 0.778. The number of nitrogens with one attached hydrogen (secondary N) is 1. The Hall–Kier alpha value is -0.500. The van der Waals surface area contributed by atoms with Crippen LogP contribution in [0.15, 0.2) is 11.3 Å². The fourth-order valence-corrected chi connectivity index (χ4v) is 2.04. The lowest BCUT2D eigenvalue weighted by atomic mass is 9.90. The Labute approximate surface area is 67.8 Å². The monoisotopic (exact) mass is 152 g/mol. The average Bonchev–Trinajstić information content (AvgIpc) is 2.04. The van der Waals surface area contributed by atoms with Crippen LogP contribution in [0.2, 0.25) is 0 Å². The third-order valence-electron chi connectivity index (χ3n) is 2.70. The molecule has 1 atom stereocenters. The van der Waals surface area contributed by atoms with Gasteiger partial charge in [-0.1, -0.05) is 5.57 Å². The van der Waals surface area contributed by atoms with Gasteiger partial charge in [-0.25, -0.2) is 0 Å². The van der Waals surface area contributed by atoms with Gasteiger partial charge < -0.3 is 11.1 Å². The number of nitrogens with two attached hydrogens (primary N) is 1. The molecule has 2 nitrogen and oxygen atoms in total. The molecule has 2 aliphatic rings. The van der Waals surface area contributed by atoms with Crippen molar-refractivity contribution in [3.8, 4) is 0 Å². The number of hydrogen-bond acceptors (Lipinski definition) is 2. The van der Waals surface area contributed by atoms with Crippen molar-refractivity contribution < 1.29 is 0 Å². The van der Waals surface area contributed by atoms with Gasteiger partial charge in [0.15, 0.2) is 0 Å². The Morgan fingerprint density at radius 3 is 2.91 bits per heavy atom. The third-order valence-corrected chi connectivity index (χ3v) is 2.70. The molecule has 11 heavy (non-hydrogen) atoms. The standard InChI is InChI=1S/C9H16N2/c10-9-6-5-7-3-1-2-4-8(7)11-9/h9,11H,1-6,10H2. The first-order chi connectivity index (χ1) is 5.36. The Morgan fingerprint density at radius 2 is 2.00 bits per heavy atom. The molecule has 0 spiro atoms. The minimum absolute atomic E-state index is 0.229. The summed E-state index contributed by atoms with van der Waals surface area (Å²) >= 11 is 0. The molecule has 0 saturated heterocycles. The van der Waals surface area contributed by atoms with Crippen LogP contribution >= 0.6 is 0 Å². The second kappa shape index (κ2) is 2.86. The second-order valence-corrected chi connectivity index (χ2v) is 3.58. The van der Waals surface area contributed by atoms with E-state index in [1.165, 1.54) is 37.8 Å². The maximum Gasteiger partial charge on any atom is 0.0743 e. The summed E-state index contributed by atoms with van der Waals surface area (Å²) in [5, 5.41) is 3.38. The van der Waals surface area contributed by atoms with Crippen LogP contribution in [-0.2, 0) is 0 Å². The molecule has 2 heteroatoms. The van der Waals surface area contributed by atoms with E-state index in [0.29, 0.717) is 0 Å². The van der Waals surface area contributed by atoms with Crippen LogP contribution in [0.4, 0.5) is 0 Å².